The Morgan fingerprint density at radius 3 is 2.31 bits per heavy atom. The van der Waals surface area contributed by atoms with Gasteiger partial charge in [0.05, 0.1) is 17.8 Å². The zero-order chi connectivity index (χ0) is 23.9. The smallest absolute Gasteiger partial charge is 0.412 e. The Bertz CT molecular complexity index is 996. The topological polar surface area (TPSA) is 83.1 Å². The summed E-state index contributed by atoms with van der Waals surface area (Å²) in [4.78, 5) is 24.5. The lowest BCUT2D eigenvalue weighted by Crippen LogP contribution is -2.34. The highest BCUT2D eigenvalue weighted by molar-refractivity contribution is 14.1. The minimum absolute atomic E-state index is 0.0572. The molecule has 172 valence electrons. The highest BCUT2D eigenvalue weighted by atomic mass is 127. The van der Waals surface area contributed by atoms with Crippen LogP contribution in [0.3, 0.4) is 0 Å². The number of aryl methyl sites for hydroxylation is 1. The van der Waals surface area contributed by atoms with Gasteiger partial charge in [0.15, 0.2) is 11.5 Å². The zero-order valence-corrected chi connectivity index (χ0v) is 21.2. The van der Waals surface area contributed by atoms with Crippen LogP contribution in [0.1, 0.15) is 37.5 Å². The molecule has 0 aliphatic heterocycles. The Morgan fingerprint density at radius 2 is 1.75 bits per heavy atom. The molecule has 0 bridgehead atoms. The van der Waals surface area contributed by atoms with Gasteiger partial charge >= 0.3 is 12.1 Å². The van der Waals surface area contributed by atoms with Gasteiger partial charge in [0, 0.05) is 0 Å². The summed E-state index contributed by atoms with van der Waals surface area (Å²) in [5, 5.41) is 2.48. The first-order chi connectivity index (χ1) is 15.1. The molecule has 8 heteroatoms. The molecule has 0 saturated carbocycles. The summed E-state index contributed by atoms with van der Waals surface area (Å²) >= 11 is 2.13. The maximum atomic E-state index is 12.3. The van der Waals surface area contributed by atoms with E-state index in [1.165, 1.54) is 13.2 Å². The number of benzene rings is 2. The predicted octanol–water partition coefficient (Wildman–Crippen LogP) is 5.23. The van der Waals surface area contributed by atoms with Crippen molar-refractivity contribution < 1.29 is 28.5 Å². The molecule has 0 radical (unpaired) electrons. The molecule has 0 unspecified atom stereocenters. The van der Waals surface area contributed by atoms with Crippen LogP contribution in [-0.4, -0.2) is 31.9 Å². The largest absolute Gasteiger partial charge is 0.493 e. The van der Waals surface area contributed by atoms with Crippen molar-refractivity contribution in [3.05, 3.63) is 62.4 Å². The Balaban J connectivity index is 2.44. The van der Waals surface area contributed by atoms with Gasteiger partial charge in [-0.1, -0.05) is 30.3 Å². The van der Waals surface area contributed by atoms with Crippen molar-refractivity contribution in [3.63, 3.8) is 0 Å². The van der Waals surface area contributed by atoms with E-state index in [1.807, 2.05) is 43.3 Å². The predicted molar refractivity (Wildman–Crippen MR) is 131 cm³/mol. The van der Waals surface area contributed by atoms with E-state index in [1.54, 1.807) is 27.9 Å². The number of hydrogen-bond donors (Lipinski definition) is 1. The lowest BCUT2D eigenvalue weighted by Gasteiger charge is -2.20. The minimum atomic E-state index is -0.755. The number of nitrogens with one attached hydrogen (secondary N) is 1. The van der Waals surface area contributed by atoms with Crippen molar-refractivity contribution in [2.75, 3.05) is 14.2 Å². The molecule has 1 N–H and O–H groups in total. The number of hydrogen-bond acceptors (Lipinski definition) is 6. The van der Waals surface area contributed by atoms with E-state index >= 15 is 0 Å². The number of halogens is 1. The van der Waals surface area contributed by atoms with E-state index in [9.17, 15) is 9.59 Å². The van der Waals surface area contributed by atoms with E-state index in [2.05, 4.69) is 27.9 Å². The maximum absolute atomic E-state index is 12.3. The number of carbonyl (C=O) groups is 2. The third-order valence-corrected chi connectivity index (χ3v) is 5.27. The fraction of sp³-hybridized carbons (Fsp3) is 0.333. The fourth-order valence-corrected chi connectivity index (χ4v) is 3.53. The van der Waals surface area contributed by atoms with Crippen LogP contribution in [-0.2, 0) is 20.9 Å². The second kappa shape index (κ2) is 11.2. The molecule has 0 aliphatic rings. The standard InChI is InChI=1S/C24H28INO6/c1-15-12-17(13-18(22(27)30-6)26-23(28)32-24(2,3)4)19(25)21(20(15)29-5)31-14-16-10-8-7-9-11-16/h7-13H,14H2,1-6H3,(H,26,28)/b18-13-. The highest BCUT2D eigenvalue weighted by Crippen LogP contribution is 2.39. The monoisotopic (exact) mass is 553 g/mol. The van der Waals surface area contributed by atoms with Crippen molar-refractivity contribution in [3.8, 4) is 11.5 Å². The number of amides is 1. The van der Waals surface area contributed by atoms with Gasteiger partial charge in [0.1, 0.15) is 17.9 Å². The van der Waals surface area contributed by atoms with Gasteiger partial charge in [0.2, 0.25) is 0 Å². The van der Waals surface area contributed by atoms with Crippen molar-refractivity contribution in [1.29, 1.82) is 0 Å². The van der Waals surface area contributed by atoms with E-state index < -0.39 is 17.7 Å². The highest BCUT2D eigenvalue weighted by Gasteiger charge is 2.22. The van der Waals surface area contributed by atoms with Crippen molar-refractivity contribution >= 4 is 40.7 Å². The number of ether oxygens (including phenoxy) is 4. The zero-order valence-electron chi connectivity index (χ0n) is 19.1. The molecule has 0 saturated heterocycles. The number of rotatable bonds is 7. The van der Waals surface area contributed by atoms with Gasteiger partial charge in [0.25, 0.3) is 0 Å². The average Bonchev–Trinajstić information content (AvgIpc) is 2.73. The molecule has 0 atom stereocenters. The Labute approximate surface area is 202 Å². The number of esters is 1. The molecular formula is C24H28INO6. The molecular weight excluding hydrogens is 525 g/mol. The molecule has 1 amide bonds. The number of methoxy groups -OCH3 is 2. The second-order valence-corrected chi connectivity index (χ2v) is 8.99. The quantitative estimate of drug-likeness (QED) is 0.288. The second-order valence-electron chi connectivity index (χ2n) is 7.91. The van der Waals surface area contributed by atoms with Crippen LogP contribution in [0.5, 0.6) is 11.5 Å². The van der Waals surface area contributed by atoms with Gasteiger partial charge in [-0.05, 0) is 79.1 Å². The Morgan fingerprint density at radius 1 is 1.09 bits per heavy atom. The summed E-state index contributed by atoms with van der Waals surface area (Å²) < 4.78 is 22.5. The number of alkyl carbamates (subject to hydrolysis) is 1. The van der Waals surface area contributed by atoms with Crippen LogP contribution in [0.4, 0.5) is 4.79 Å². The first kappa shape index (κ1) is 25.5. The van der Waals surface area contributed by atoms with E-state index in [0.29, 0.717) is 27.2 Å². The summed E-state index contributed by atoms with van der Waals surface area (Å²) in [6.07, 6.45) is 0.772. The van der Waals surface area contributed by atoms with Crippen LogP contribution in [0.2, 0.25) is 0 Å². The van der Waals surface area contributed by atoms with Crippen molar-refractivity contribution in [2.24, 2.45) is 0 Å². The first-order valence-corrected chi connectivity index (χ1v) is 11.0. The third-order valence-electron chi connectivity index (χ3n) is 4.16. The Hall–Kier alpha value is -2.75. The van der Waals surface area contributed by atoms with Crippen LogP contribution >= 0.6 is 22.6 Å². The van der Waals surface area contributed by atoms with Crippen LogP contribution in [0.15, 0.2) is 42.1 Å². The summed E-state index contributed by atoms with van der Waals surface area (Å²) in [5.74, 6) is 0.443. The molecule has 7 nitrogen and oxygen atoms in total. The van der Waals surface area contributed by atoms with Crippen molar-refractivity contribution in [1.82, 2.24) is 5.32 Å². The number of carbonyl (C=O) groups excluding carboxylic acids is 2. The normalized spacial score (nSPS) is 11.5. The molecule has 0 fully saturated rings. The summed E-state index contributed by atoms with van der Waals surface area (Å²) in [7, 11) is 2.82. The minimum Gasteiger partial charge on any atom is -0.493 e. The van der Waals surface area contributed by atoms with Gasteiger partial charge in [-0.25, -0.2) is 9.59 Å². The van der Waals surface area contributed by atoms with E-state index in [4.69, 9.17) is 18.9 Å². The fourth-order valence-electron chi connectivity index (χ4n) is 2.81. The lowest BCUT2D eigenvalue weighted by atomic mass is 10.1. The van der Waals surface area contributed by atoms with E-state index in [-0.39, 0.29) is 5.70 Å². The van der Waals surface area contributed by atoms with Crippen LogP contribution in [0, 0.1) is 10.5 Å². The molecule has 0 spiro atoms. The van der Waals surface area contributed by atoms with Crippen LogP contribution in [0.25, 0.3) is 6.08 Å². The third kappa shape index (κ3) is 7.15. The van der Waals surface area contributed by atoms with Gasteiger partial charge in [-0.2, -0.15) is 0 Å². The lowest BCUT2D eigenvalue weighted by molar-refractivity contribution is -0.136. The average molecular weight is 553 g/mol. The van der Waals surface area contributed by atoms with Gasteiger partial charge in [-0.15, -0.1) is 0 Å². The molecule has 0 heterocycles. The molecule has 0 aromatic heterocycles. The molecule has 32 heavy (non-hydrogen) atoms. The van der Waals surface area contributed by atoms with Crippen molar-refractivity contribution in [2.45, 2.75) is 39.9 Å². The molecule has 2 aromatic rings. The summed E-state index contributed by atoms with van der Waals surface area (Å²) in [5.41, 5.74) is 1.70. The molecule has 2 aromatic carbocycles. The van der Waals surface area contributed by atoms with Crippen LogP contribution < -0.4 is 14.8 Å². The molecule has 0 aliphatic carbocycles. The van der Waals surface area contributed by atoms with Gasteiger partial charge in [-0.3, -0.25) is 5.32 Å². The first-order valence-electron chi connectivity index (χ1n) is 9.89. The SMILES string of the molecule is COC(=O)/C(=C/c1cc(C)c(OC)c(OCc2ccccc2)c1I)NC(=O)OC(C)(C)C. The summed E-state index contributed by atoms with van der Waals surface area (Å²) in [6.45, 7) is 7.43. The maximum Gasteiger partial charge on any atom is 0.412 e. The Kier molecular flexibility index (Phi) is 8.94. The van der Waals surface area contributed by atoms with Gasteiger partial charge < -0.3 is 18.9 Å². The van der Waals surface area contributed by atoms with E-state index in [0.717, 1.165) is 11.1 Å². The molecule has 2 rings (SSSR count). The summed E-state index contributed by atoms with van der Waals surface area (Å²) in [6, 6.07) is 11.6.